The minimum absolute atomic E-state index is 0.0430. The molecule has 0 aliphatic heterocycles. The largest absolute Gasteiger partial charge is 0.0622 e. The molecular formula is C27H32. The Morgan fingerprint density at radius 1 is 0.630 bits per heavy atom. The molecule has 140 valence electrons. The van der Waals surface area contributed by atoms with Gasteiger partial charge >= 0.3 is 0 Å². The number of hydrogen-bond acceptors (Lipinski definition) is 0. The summed E-state index contributed by atoms with van der Waals surface area (Å²) in [6, 6.07) is 30.9. The fourth-order valence-corrected chi connectivity index (χ4v) is 4.32. The van der Waals surface area contributed by atoms with Crippen molar-refractivity contribution < 1.29 is 0 Å². The zero-order valence-corrected chi connectivity index (χ0v) is 17.2. The Bertz CT molecular complexity index is 845. The van der Waals surface area contributed by atoms with Crippen molar-refractivity contribution in [1.82, 2.24) is 0 Å². The Morgan fingerprint density at radius 2 is 1.15 bits per heavy atom. The molecule has 0 saturated carbocycles. The van der Waals surface area contributed by atoms with Crippen molar-refractivity contribution in [3.63, 3.8) is 0 Å². The van der Waals surface area contributed by atoms with E-state index < -0.39 is 0 Å². The highest BCUT2D eigenvalue weighted by molar-refractivity contribution is 5.37. The van der Waals surface area contributed by atoms with E-state index in [2.05, 4.69) is 113 Å². The van der Waals surface area contributed by atoms with Gasteiger partial charge in [0.1, 0.15) is 0 Å². The Balaban J connectivity index is 1.90. The van der Waals surface area contributed by atoms with Gasteiger partial charge in [-0.3, -0.25) is 0 Å². The first-order chi connectivity index (χ1) is 12.9. The van der Waals surface area contributed by atoms with Gasteiger partial charge in [0.25, 0.3) is 0 Å². The standard InChI is InChI=1S/C27H32/c1-22-14-11-12-15-23(22)16-13-21-27(4,25-19-9-6-10-20-25)26(2,3)24-17-7-5-8-18-24/h5-12,14-15,17-20H,13,16,21H2,1-4H3/t27-/m1/s1. The van der Waals surface area contributed by atoms with Crippen molar-refractivity contribution in [1.29, 1.82) is 0 Å². The molecule has 0 amide bonds. The van der Waals surface area contributed by atoms with Gasteiger partial charge in [-0.25, -0.2) is 0 Å². The van der Waals surface area contributed by atoms with Crippen molar-refractivity contribution >= 4 is 0 Å². The van der Waals surface area contributed by atoms with Crippen LogP contribution in [0.4, 0.5) is 0 Å². The number of benzene rings is 3. The molecule has 0 N–H and O–H groups in total. The van der Waals surface area contributed by atoms with Gasteiger partial charge < -0.3 is 0 Å². The molecule has 3 rings (SSSR count). The lowest BCUT2D eigenvalue weighted by atomic mass is 9.58. The number of aryl methyl sites for hydroxylation is 2. The molecule has 0 radical (unpaired) electrons. The summed E-state index contributed by atoms with van der Waals surface area (Å²) in [5, 5.41) is 0. The Kier molecular flexibility index (Phi) is 5.85. The monoisotopic (exact) mass is 356 g/mol. The number of rotatable bonds is 7. The quantitative estimate of drug-likeness (QED) is 0.418. The Labute approximate surface area is 165 Å². The van der Waals surface area contributed by atoms with Gasteiger partial charge in [-0.15, -0.1) is 0 Å². The van der Waals surface area contributed by atoms with Crippen LogP contribution in [0.3, 0.4) is 0 Å². The summed E-state index contributed by atoms with van der Waals surface area (Å²) in [4.78, 5) is 0. The van der Waals surface area contributed by atoms with E-state index in [4.69, 9.17) is 0 Å². The molecule has 27 heavy (non-hydrogen) atoms. The first-order valence-corrected chi connectivity index (χ1v) is 10.1. The molecule has 0 aliphatic carbocycles. The average molecular weight is 357 g/mol. The van der Waals surface area contributed by atoms with E-state index in [1.165, 1.54) is 28.7 Å². The second kappa shape index (κ2) is 8.13. The second-order valence-corrected chi connectivity index (χ2v) is 8.47. The predicted molar refractivity (Wildman–Crippen MR) is 117 cm³/mol. The van der Waals surface area contributed by atoms with Crippen LogP contribution in [0.1, 0.15) is 55.9 Å². The lowest BCUT2D eigenvalue weighted by Crippen LogP contribution is -2.43. The zero-order valence-electron chi connectivity index (χ0n) is 17.2. The lowest BCUT2D eigenvalue weighted by Gasteiger charge is -2.46. The molecule has 0 aromatic heterocycles. The van der Waals surface area contributed by atoms with Crippen molar-refractivity contribution in [2.45, 2.75) is 57.8 Å². The third-order valence-electron chi connectivity index (χ3n) is 6.67. The van der Waals surface area contributed by atoms with Crippen molar-refractivity contribution in [2.24, 2.45) is 0 Å². The highest BCUT2D eigenvalue weighted by Gasteiger charge is 2.42. The molecule has 0 bridgehead atoms. The molecule has 1 atom stereocenters. The smallest absolute Gasteiger partial charge is 0.00163 e. The van der Waals surface area contributed by atoms with E-state index in [9.17, 15) is 0 Å². The summed E-state index contributed by atoms with van der Waals surface area (Å²) in [6.45, 7) is 9.49. The van der Waals surface area contributed by atoms with Crippen molar-refractivity contribution in [3.05, 3.63) is 107 Å². The minimum atomic E-state index is 0.0430. The van der Waals surface area contributed by atoms with E-state index in [-0.39, 0.29) is 10.8 Å². The summed E-state index contributed by atoms with van der Waals surface area (Å²) >= 11 is 0. The van der Waals surface area contributed by atoms with Crippen molar-refractivity contribution in [2.75, 3.05) is 0 Å². The fraction of sp³-hybridized carbons (Fsp3) is 0.333. The second-order valence-electron chi connectivity index (χ2n) is 8.47. The number of hydrogen-bond donors (Lipinski definition) is 0. The first-order valence-electron chi connectivity index (χ1n) is 10.1. The van der Waals surface area contributed by atoms with E-state index in [0.717, 1.165) is 12.8 Å². The lowest BCUT2D eigenvalue weighted by molar-refractivity contribution is 0.251. The molecule has 0 heteroatoms. The van der Waals surface area contributed by atoms with Crippen LogP contribution >= 0.6 is 0 Å². The van der Waals surface area contributed by atoms with E-state index >= 15 is 0 Å². The molecule has 0 fully saturated rings. The first kappa shape index (κ1) is 19.4. The normalized spacial score (nSPS) is 13.9. The van der Waals surface area contributed by atoms with Gasteiger partial charge in [0.15, 0.2) is 0 Å². The van der Waals surface area contributed by atoms with Crippen LogP contribution in [0, 0.1) is 6.92 Å². The molecule has 0 nitrogen and oxygen atoms in total. The van der Waals surface area contributed by atoms with Crippen LogP contribution < -0.4 is 0 Å². The van der Waals surface area contributed by atoms with Crippen LogP contribution in [-0.4, -0.2) is 0 Å². The Hall–Kier alpha value is -2.34. The molecule has 0 spiro atoms. The summed E-state index contributed by atoms with van der Waals surface area (Å²) in [6.07, 6.45) is 3.49. The van der Waals surface area contributed by atoms with Crippen molar-refractivity contribution in [3.8, 4) is 0 Å². The van der Waals surface area contributed by atoms with Gasteiger partial charge in [-0.2, -0.15) is 0 Å². The maximum atomic E-state index is 2.45. The summed E-state index contributed by atoms with van der Waals surface area (Å²) < 4.78 is 0. The van der Waals surface area contributed by atoms with Gasteiger partial charge in [0.05, 0.1) is 0 Å². The topological polar surface area (TPSA) is 0 Å². The molecule has 0 saturated heterocycles. The summed E-state index contributed by atoms with van der Waals surface area (Å²) in [5.41, 5.74) is 5.84. The SMILES string of the molecule is Cc1ccccc1CCC[C@](C)(c1ccccc1)C(C)(C)c1ccccc1. The summed E-state index contributed by atoms with van der Waals surface area (Å²) in [7, 11) is 0. The predicted octanol–water partition coefficient (Wildman–Crippen LogP) is 7.25. The molecule has 0 unspecified atom stereocenters. The average Bonchev–Trinajstić information content (AvgIpc) is 2.70. The molecule has 0 aliphatic rings. The van der Waals surface area contributed by atoms with Crippen LogP contribution in [-0.2, 0) is 17.3 Å². The maximum absolute atomic E-state index is 2.45. The third kappa shape index (κ3) is 4.00. The highest BCUT2D eigenvalue weighted by Crippen LogP contribution is 2.47. The molecule has 0 heterocycles. The zero-order chi connectivity index (χ0) is 19.3. The van der Waals surface area contributed by atoms with Gasteiger partial charge in [-0.05, 0) is 53.9 Å². The van der Waals surface area contributed by atoms with Gasteiger partial charge in [0, 0.05) is 5.41 Å². The highest BCUT2D eigenvalue weighted by atomic mass is 14.5. The van der Waals surface area contributed by atoms with Crippen LogP contribution in [0.15, 0.2) is 84.9 Å². The van der Waals surface area contributed by atoms with Gasteiger partial charge in [-0.1, -0.05) is 106 Å². The van der Waals surface area contributed by atoms with Gasteiger partial charge in [0.2, 0.25) is 0 Å². The minimum Gasteiger partial charge on any atom is -0.0622 e. The van der Waals surface area contributed by atoms with Crippen LogP contribution in [0.2, 0.25) is 0 Å². The van der Waals surface area contributed by atoms with Crippen LogP contribution in [0.5, 0.6) is 0 Å². The molecule has 3 aromatic rings. The molecule has 3 aromatic carbocycles. The van der Waals surface area contributed by atoms with E-state index in [1.807, 2.05) is 0 Å². The van der Waals surface area contributed by atoms with E-state index in [1.54, 1.807) is 0 Å². The maximum Gasteiger partial charge on any atom is 0.00163 e. The van der Waals surface area contributed by atoms with E-state index in [0.29, 0.717) is 0 Å². The summed E-state index contributed by atoms with van der Waals surface area (Å²) in [5.74, 6) is 0. The molecular weight excluding hydrogens is 324 g/mol. The Morgan fingerprint density at radius 3 is 1.74 bits per heavy atom. The van der Waals surface area contributed by atoms with Crippen LogP contribution in [0.25, 0.3) is 0 Å². The third-order valence-corrected chi connectivity index (χ3v) is 6.67. The fourth-order valence-electron chi connectivity index (χ4n) is 4.32.